The predicted molar refractivity (Wildman–Crippen MR) is 60.4 cm³/mol. The van der Waals surface area contributed by atoms with Crippen LogP contribution in [0.5, 0.6) is 0 Å². The van der Waals surface area contributed by atoms with Crippen LogP contribution >= 0.6 is 15.9 Å². The van der Waals surface area contributed by atoms with Gasteiger partial charge in [0.2, 0.25) is 0 Å². The van der Waals surface area contributed by atoms with Gasteiger partial charge in [-0.15, -0.1) is 0 Å². The molecule has 1 aliphatic rings. The SMILES string of the molecule is CCCCCC1(CBr)CCCOC1. The Labute approximate surface area is 90.4 Å². The van der Waals surface area contributed by atoms with E-state index in [9.17, 15) is 0 Å². The van der Waals surface area contributed by atoms with Crippen LogP contribution in [0.4, 0.5) is 0 Å². The van der Waals surface area contributed by atoms with Crippen LogP contribution in [0.2, 0.25) is 0 Å². The maximum absolute atomic E-state index is 5.58. The molecule has 1 aliphatic heterocycles. The highest BCUT2D eigenvalue weighted by Crippen LogP contribution is 2.35. The molecule has 1 heterocycles. The molecule has 1 unspecified atom stereocenters. The second-order valence-corrected chi connectivity index (χ2v) is 4.81. The highest BCUT2D eigenvalue weighted by Gasteiger charge is 2.30. The molecule has 2 heteroatoms. The molecule has 0 aromatic carbocycles. The number of hydrogen-bond acceptors (Lipinski definition) is 1. The Hall–Kier alpha value is 0.440. The third-order valence-electron chi connectivity index (χ3n) is 3.00. The van der Waals surface area contributed by atoms with Crippen molar-refractivity contribution in [2.24, 2.45) is 5.41 Å². The summed E-state index contributed by atoms with van der Waals surface area (Å²) in [5.74, 6) is 0. The largest absolute Gasteiger partial charge is 0.381 e. The Morgan fingerprint density at radius 1 is 1.38 bits per heavy atom. The zero-order valence-electron chi connectivity index (χ0n) is 8.65. The zero-order valence-corrected chi connectivity index (χ0v) is 10.2. The van der Waals surface area contributed by atoms with Crippen molar-refractivity contribution in [2.45, 2.75) is 45.4 Å². The number of rotatable bonds is 5. The second-order valence-electron chi connectivity index (χ2n) is 4.25. The van der Waals surface area contributed by atoms with E-state index in [1.165, 1.54) is 38.5 Å². The molecule has 0 aliphatic carbocycles. The second kappa shape index (κ2) is 6.02. The highest BCUT2D eigenvalue weighted by atomic mass is 79.9. The van der Waals surface area contributed by atoms with Crippen molar-refractivity contribution in [1.29, 1.82) is 0 Å². The topological polar surface area (TPSA) is 9.23 Å². The lowest BCUT2D eigenvalue weighted by Crippen LogP contribution is -2.33. The van der Waals surface area contributed by atoms with Gasteiger partial charge in [-0.1, -0.05) is 42.1 Å². The maximum atomic E-state index is 5.58. The van der Waals surface area contributed by atoms with Crippen molar-refractivity contribution in [2.75, 3.05) is 18.5 Å². The summed E-state index contributed by atoms with van der Waals surface area (Å²) in [4.78, 5) is 0. The van der Waals surface area contributed by atoms with Crippen molar-refractivity contribution in [1.82, 2.24) is 0 Å². The van der Waals surface area contributed by atoms with Crippen molar-refractivity contribution in [3.63, 3.8) is 0 Å². The van der Waals surface area contributed by atoms with Crippen molar-refractivity contribution < 1.29 is 4.74 Å². The monoisotopic (exact) mass is 248 g/mol. The maximum Gasteiger partial charge on any atom is 0.0530 e. The Bertz CT molecular complexity index is 130. The summed E-state index contributed by atoms with van der Waals surface area (Å²) >= 11 is 3.64. The Morgan fingerprint density at radius 3 is 2.77 bits per heavy atom. The minimum Gasteiger partial charge on any atom is -0.381 e. The van der Waals surface area contributed by atoms with E-state index in [-0.39, 0.29) is 0 Å². The Kier molecular flexibility index (Phi) is 5.34. The standard InChI is InChI=1S/C11H21BrO/c1-2-3-4-6-11(9-12)7-5-8-13-10-11/h2-10H2,1H3. The van der Waals surface area contributed by atoms with Crippen LogP contribution in [0.3, 0.4) is 0 Å². The Balaban J connectivity index is 2.29. The summed E-state index contributed by atoms with van der Waals surface area (Å²) in [5.41, 5.74) is 0.466. The van der Waals surface area contributed by atoms with Gasteiger partial charge >= 0.3 is 0 Å². The molecule has 0 amide bonds. The smallest absolute Gasteiger partial charge is 0.0530 e. The average molecular weight is 249 g/mol. The van der Waals surface area contributed by atoms with Gasteiger partial charge in [-0.25, -0.2) is 0 Å². The van der Waals surface area contributed by atoms with Gasteiger partial charge in [0.05, 0.1) is 6.61 Å². The molecule has 1 atom stereocenters. The van der Waals surface area contributed by atoms with Crippen molar-refractivity contribution in [3.8, 4) is 0 Å². The van der Waals surface area contributed by atoms with Gasteiger partial charge in [-0.2, -0.15) is 0 Å². The van der Waals surface area contributed by atoms with Crippen LogP contribution < -0.4 is 0 Å². The van der Waals surface area contributed by atoms with Gasteiger partial charge in [-0.05, 0) is 19.3 Å². The van der Waals surface area contributed by atoms with E-state index < -0.39 is 0 Å². The lowest BCUT2D eigenvalue weighted by atomic mass is 9.80. The fraction of sp³-hybridized carbons (Fsp3) is 1.00. The molecule has 0 saturated carbocycles. The molecule has 0 bridgehead atoms. The van der Waals surface area contributed by atoms with Crippen LogP contribution in [0, 0.1) is 5.41 Å². The van der Waals surface area contributed by atoms with E-state index in [1.807, 2.05) is 0 Å². The molecular weight excluding hydrogens is 228 g/mol. The normalized spacial score (nSPS) is 29.1. The van der Waals surface area contributed by atoms with E-state index >= 15 is 0 Å². The van der Waals surface area contributed by atoms with E-state index in [0.29, 0.717) is 5.41 Å². The number of alkyl halides is 1. The minimum absolute atomic E-state index is 0.466. The fourth-order valence-corrected chi connectivity index (χ4v) is 2.75. The molecule has 0 N–H and O–H groups in total. The lowest BCUT2D eigenvalue weighted by Gasteiger charge is -2.35. The molecule has 13 heavy (non-hydrogen) atoms. The van der Waals surface area contributed by atoms with Gasteiger partial charge in [0.1, 0.15) is 0 Å². The predicted octanol–water partition coefficient (Wildman–Crippen LogP) is 3.76. The van der Waals surface area contributed by atoms with E-state index in [1.54, 1.807) is 0 Å². The van der Waals surface area contributed by atoms with Gasteiger partial charge < -0.3 is 4.74 Å². The number of halogens is 1. The summed E-state index contributed by atoms with van der Waals surface area (Å²) in [7, 11) is 0. The van der Waals surface area contributed by atoms with E-state index in [4.69, 9.17) is 4.74 Å². The molecule has 1 nitrogen and oxygen atoms in total. The zero-order chi connectivity index (χ0) is 9.57. The van der Waals surface area contributed by atoms with Crippen LogP contribution in [0.25, 0.3) is 0 Å². The van der Waals surface area contributed by atoms with Gasteiger partial charge in [0.25, 0.3) is 0 Å². The average Bonchev–Trinajstić information content (AvgIpc) is 2.20. The van der Waals surface area contributed by atoms with Crippen LogP contribution in [0.1, 0.15) is 45.4 Å². The summed E-state index contributed by atoms with van der Waals surface area (Å²) in [5, 5.41) is 1.11. The molecule has 1 rings (SSSR count). The fourth-order valence-electron chi connectivity index (χ4n) is 2.03. The molecule has 1 fully saturated rings. The number of unbranched alkanes of at least 4 members (excludes halogenated alkanes) is 2. The van der Waals surface area contributed by atoms with Gasteiger partial charge in [0, 0.05) is 17.4 Å². The first-order valence-electron chi connectivity index (χ1n) is 5.47. The molecular formula is C11H21BrO. The first-order valence-corrected chi connectivity index (χ1v) is 6.59. The quantitative estimate of drug-likeness (QED) is 0.532. The van der Waals surface area contributed by atoms with Crippen molar-refractivity contribution >= 4 is 15.9 Å². The molecule has 1 saturated heterocycles. The lowest BCUT2D eigenvalue weighted by molar-refractivity contribution is 0.000272. The molecule has 78 valence electrons. The molecule has 0 aromatic rings. The van der Waals surface area contributed by atoms with Crippen molar-refractivity contribution in [3.05, 3.63) is 0 Å². The van der Waals surface area contributed by atoms with Crippen LogP contribution in [-0.4, -0.2) is 18.5 Å². The number of ether oxygens (including phenoxy) is 1. The summed E-state index contributed by atoms with van der Waals surface area (Å²) in [6.07, 6.45) is 7.99. The molecule has 0 radical (unpaired) electrons. The summed E-state index contributed by atoms with van der Waals surface area (Å²) in [6.45, 7) is 4.21. The van der Waals surface area contributed by atoms with Gasteiger partial charge in [0.15, 0.2) is 0 Å². The summed E-state index contributed by atoms with van der Waals surface area (Å²) < 4.78 is 5.58. The first kappa shape index (κ1) is 11.5. The molecule has 0 spiro atoms. The third-order valence-corrected chi connectivity index (χ3v) is 4.19. The summed E-state index contributed by atoms with van der Waals surface area (Å²) in [6, 6.07) is 0. The molecule has 0 aromatic heterocycles. The minimum atomic E-state index is 0.466. The van der Waals surface area contributed by atoms with E-state index in [2.05, 4.69) is 22.9 Å². The third kappa shape index (κ3) is 3.59. The number of hydrogen-bond donors (Lipinski definition) is 0. The van der Waals surface area contributed by atoms with E-state index in [0.717, 1.165) is 18.5 Å². The Morgan fingerprint density at radius 2 is 2.23 bits per heavy atom. The van der Waals surface area contributed by atoms with Crippen LogP contribution in [0.15, 0.2) is 0 Å². The van der Waals surface area contributed by atoms with Crippen LogP contribution in [-0.2, 0) is 4.74 Å². The van der Waals surface area contributed by atoms with Gasteiger partial charge in [-0.3, -0.25) is 0 Å². The highest BCUT2D eigenvalue weighted by molar-refractivity contribution is 9.09. The first-order chi connectivity index (χ1) is 6.33.